The van der Waals surface area contributed by atoms with Crippen molar-refractivity contribution in [2.24, 2.45) is 0 Å². The number of carbonyl (C=O) groups is 1. The molecule has 4 rings (SSSR count). The summed E-state index contributed by atoms with van der Waals surface area (Å²) in [7, 11) is 0. The first-order chi connectivity index (χ1) is 13.5. The fraction of sp³-hybridized carbons (Fsp3) is 0.278. The van der Waals surface area contributed by atoms with Crippen LogP contribution in [0.1, 0.15) is 40.2 Å². The standard InChI is InChI=1S/C18H16N4O3S3/c1-4-25-18(24)12-8(2)11-14(23)21-13(22-17(11)28-12)9(3)27-16-10-5-6-26-15(10)19-7-20-16/h5-7,9H,4H2,1-3H3,(H,21,22,23). The fourth-order valence-corrected chi connectivity index (χ4v) is 5.67. The number of thiophene rings is 2. The van der Waals surface area contributed by atoms with Crippen molar-refractivity contribution in [3.8, 4) is 0 Å². The number of esters is 1. The summed E-state index contributed by atoms with van der Waals surface area (Å²) in [5.41, 5.74) is 0.356. The molecule has 144 valence electrons. The molecule has 0 aromatic carbocycles. The third-order valence-corrected chi connectivity index (χ3v) is 7.29. The number of fused-ring (bicyclic) bond motifs is 2. The smallest absolute Gasteiger partial charge is 0.348 e. The van der Waals surface area contributed by atoms with Crippen molar-refractivity contribution in [2.75, 3.05) is 6.61 Å². The molecule has 0 saturated carbocycles. The van der Waals surface area contributed by atoms with Crippen LogP contribution in [0.15, 0.2) is 27.6 Å². The molecule has 1 unspecified atom stereocenters. The van der Waals surface area contributed by atoms with Crippen LogP contribution < -0.4 is 5.56 Å². The maximum atomic E-state index is 12.7. The molecule has 0 spiro atoms. The third kappa shape index (κ3) is 3.31. The Hall–Kier alpha value is -2.30. The zero-order valence-electron chi connectivity index (χ0n) is 15.3. The summed E-state index contributed by atoms with van der Waals surface area (Å²) in [6.07, 6.45) is 1.54. The molecular formula is C18H16N4O3S3. The van der Waals surface area contributed by atoms with Crippen molar-refractivity contribution in [3.05, 3.63) is 44.4 Å². The van der Waals surface area contributed by atoms with E-state index in [2.05, 4.69) is 19.9 Å². The zero-order chi connectivity index (χ0) is 19.8. The Morgan fingerprint density at radius 2 is 2.18 bits per heavy atom. The number of aromatic amines is 1. The second-order valence-corrected chi connectivity index (χ2v) is 9.21. The van der Waals surface area contributed by atoms with Crippen molar-refractivity contribution >= 4 is 60.8 Å². The second-order valence-electron chi connectivity index (χ2n) is 5.99. The van der Waals surface area contributed by atoms with E-state index < -0.39 is 5.97 Å². The number of nitrogens with zero attached hydrogens (tertiary/aromatic N) is 3. The van der Waals surface area contributed by atoms with E-state index in [1.54, 1.807) is 31.5 Å². The number of nitrogens with one attached hydrogen (secondary N) is 1. The molecule has 0 bridgehead atoms. The molecule has 0 amide bonds. The lowest BCUT2D eigenvalue weighted by Gasteiger charge is -2.10. The van der Waals surface area contributed by atoms with Gasteiger partial charge in [-0.25, -0.2) is 19.7 Å². The maximum absolute atomic E-state index is 12.7. The monoisotopic (exact) mass is 432 g/mol. The van der Waals surface area contributed by atoms with Crippen molar-refractivity contribution in [1.82, 2.24) is 19.9 Å². The average Bonchev–Trinajstić information content (AvgIpc) is 3.27. The molecule has 7 nitrogen and oxygen atoms in total. The molecule has 0 aliphatic carbocycles. The minimum absolute atomic E-state index is 0.136. The lowest BCUT2D eigenvalue weighted by atomic mass is 10.2. The molecule has 0 fully saturated rings. The van der Waals surface area contributed by atoms with Crippen molar-refractivity contribution in [3.63, 3.8) is 0 Å². The minimum Gasteiger partial charge on any atom is -0.462 e. The van der Waals surface area contributed by atoms with Gasteiger partial charge in [-0.05, 0) is 37.8 Å². The first-order valence-electron chi connectivity index (χ1n) is 8.54. The van der Waals surface area contributed by atoms with E-state index in [4.69, 9.17) is 4.74 Å². The molecule has 1 atom stereocenters. The Balaban J connectivity index is 1.71. The average molecular weight is 433 g/mol. The molecule has 0 radical (unpaired) electrons. The van der Waals surface area contributed by atoms with Gasteiger partial charge in [-0.2, -0.15) is 0 Å². The molecule has 10 heteroatoms. The summed E-state index contributed by atoms with van der Waals surface area (Å²) in [6, 6.07) is 1.99. The van der Waals surface area contributed by atoms with Gasteiger partial charge in [0.1, 0.15) is 31.7 Å². The first-order valence-corrected chi connectivity index (χ1v) is 11.1. The van der Waals surface area contributed by atoms with Crippen LogP contribution >= 0.6 is 34.4 Å². The summed E-state index contributed by atoms with van der Waals surface area (Å²) in [6.45, 7) is 5.74. The number of thioether (sulfide) groups is 1. The highest BCUT2D eigenvalue weighted by atomic mass is 32.2. The molecule has 28 heavy (non-hydrogen) atoms. The molecule has 0 saturated heterocycles. The van der Waals surface area contributed by atoms with Crippen LogP contribution in [0, 0.1) is 6.92 Å². The van der Waals surface area contributed by atoms with Gasteiger partial charge in [-0.15, -0.1) is 22.7 Å². The fourth-order valence-electron chi connectivity index (χ4n) is 2.83. The molecular weight excluding hydrogens is 416 g/mol. The Morgan fingerprint density at radius 3 is 2.96 bits per heavy atom. The Kier molecular flexibility index (Phi) is 5.17. The quantitative estimate of drug-likeness (QED) is 0.285. The van der Waals surface area contributed by atoms with Crippen molar-refractivity contribution in [2.45, 2.75) is 31.0 Å². The van der Waals surface area contributed by atoms with Gasteiger partial charge in [0.15, 0.2) is 0 Å². The number of H-pyrrole nitrogens is 1. The summed E-state index contributed by atoms with van der Waals surface area (Å²) in [5.74, 6) is 0.119. The number of hydrogen-bond donors (Lipinski definition) is 1. The highest BCUT2D eigenvalue weighted by Crippen LogP contribution is 2.37. The lowest BCUT2D eigenvalue weighted by molar-refractivity contribution is 0.0531. The number of hydrogen-bond acceptors (Lipinski definition) is 9. The summed E-state index contributed by atoms with van der Waals surface area (Å²) in [4.78, 5) is 42.8. The van der Waals surface area contributed by atoms with Crippen LogP contribution in [-0.2, 0) is 4.74 Å². The maximum Gasteiger partial charge on any atom is 0.348 e. The Morgan fingerprint density at radius 1 is 1.36 bits per heavy atom. The van der Waals surface area contributed by atoms with E-state index in [1.165, 1.54) is 23.1 Å². The van der Waals surface area contributed by atoms with Gasteiger partial charge in [-0.3, -0.25) is 4.79 Å². The van der Waals surface area contributed by atoms with E-state index in [1.807, 2.05) is 18.4 Å². The predicted molar refractivity (Wildman–Crippen MR) is 113 cm³/mol. The summed E-state index contributed by atoms with van der Waals surface area (Å²) in [5, 5.41) is 4.12. The van der Waals surface area contributed by atoms with Crippen LogP contribution in [0.3, 0.4) is 0 Å². The predicted octanol–water partition coefficient (Wildman–Crippen LogP) is 4.33. The molecule has 4 heterocycles. The van der Waals surface area contributed by atoms with Crippen LogP contribution in [-0.4, -0.2) is 32.5 Å². The molecule has 1 N–H and O–H groups in total. The van der Waals surface area contributed by atoms with E-state index in [0.29, 0.717) is 26.5 Å². The SMILES string of the molecule is CCOC(=O)c1sc2nc(C(C)Sc3ncnc4sccc34)[nH]c(=O)c2c1C. The third-order valence-electron chi connectivity index (χ3n) is 4.18. The number of aromatic nitrogens is 4. The second kappa shape index (κ2) is 7.61. The number of rotatable bonds is 5. The molecule has 0 aliphatic rings. The minimum atomic E-state index is -0.424. The largest absolute Gasteiger partial charge is 0.462 e. The van der Waals surface area contributed by atoms with Gasteiger partial charge in [0.2, 0.25) is 0 Å². The van der Waals surface area contributed by atoms with Crippen molar-refractivity contribution in [1.29, 1.82) is 0 Å². The molecule has 0 aliphatic heterocycles. The van der Waals surface area contributed by atoms with Crippen LogP contribution in [0.4, 0.5) is 0 Å². The summed E-state index contributed by atoms with van der Waals surface area (Å²) >= 11 is 4.26. The van der Waals surface area contributed by atoms with Crippen molar-refractivity contribution < 1.29 is 9.53 Å². The molecule has 4 aromatic heterocycles. The van der Waals surface area contributed by atoms with E-state index >= 15 is 0 Å². The topological polar surface area (TPSA) is 97.8 Å². The number of ether oxygens (including phenoxy) is 1. The first kappa shape index (κ1) is 19.0. The number of aryl methyl sites for hydroxylation is 1. The molecule has 4 aromatic rings. The van der Waals surface area contributed by atoms with Crippen LogP contribution in [0.25, 0.3) is 20.4 Å². The van der Waals surface area contributed by atoms with Gasteiger partial charge in [0.05, 0.1) is 17.2 Å². The van der Waals surface area contributed by atoms with E-state index in [0.717, 1.165) is 15.2 Å². The van der Waals surface area contributed by atoms with E-state index in [9.17, 15) is 9.59 Å². The van der Waals surface area contributed by atoms with Crippen LogP contribution in [0.2, 0.25) is 0 Å². The van der Waals surface area contributed by atoms with Gasteiger partial charge < -0.3 is 9.72 Å². The zero-order valence-corrected chi connectivity index (χ0v) is 17.8. The summed E-state index contributed by atoms with van der Waals surface area (Å²) < 4.78 is 5.08. The Bertz CT molecular complexity index is 1240. The van der Waals surface area contributed by atoms with Gasteiger partial charge >= 0.3 is 5.97 Å². The van der Waals surface area contributed by atoms with Gasteiger partial charge in [0, 0.05) is 5.39 Å². The number of carbonyl (C=O) groups excluding carboxylic acids is 1. The Labute approximate surface area is 172 Å². The van der Waals surface area contributed by atoms with Gasteiger partial charge in [-0.1, -0.05) is 11.8 Å². The highest BCUT2D eigenvalue weighted by Gasteiger charge is 2.22. The highest BCUT2D eigenvalue weighted by molar-refractivity contribution is 7.99. The van der Waals surface area contributed by atoms with E-state index in [-0.39, 0.29) is 17.4 Å². The van der Waals surface area contributed by atoms with Gasteiger partial charge in [0.25, 0.3) is 5.56 Å². The lowest BCUT2D eigenvalue weighted by Crippen LogP contribution is -2.13. The normalized spacial score (nSPS) is 12.5. The van der Waals surface area contributed by atoms with Crippen LogP contribution in [0.5, 0.6) is 0 Å².